The first-order chi connectivity index (χ1) is 9.07. The molecule has 0 saturated carbocycles. The van der Waals surface area contributed by atoms with Crippen LogP contribution >= 0.6 is 0 Å². The highest BCUT2D eigenvalue weighted by molar-refractivity contribution is 7.91. The Morgan fingerprint density at radius 1 is 1.26 bits per heavy atom. The number of anilines is 1. The summed E-state index contributed by atoms with van der Waals surface area (Å²) in [6.07, 6.45) is 2.16. The number of amides is 1. The lowest BCUT2D eigenvalue weighted by Gasteiger charge is -2.26. The van der Waals surface area contributed by atoms with Crippen LogP contribution in [0.25, 0.3) is 0 Å². The molecule has 0 N–H and O–H groups in total. The lowest BCUT2D eigenvalue weighted by Crippen LogP contribution is -2.40. The number of carbonyl (C=O) groups excluding carboxylic acids is 1. The quantitative estimate of drug-likeness (QED) is 0.781. The van der Waals surface area contributed by atoms with Crippen LogP contribution in [0.2, 0.25) is 0 Å². The van der Waals surface area contributed by atoms with E-state index in [4.69, 9.17) is 0 Å². The fraction of sp³-hybridized carbons (Fsp3) is 0.500. The summed E-state index contributed by atoms with van der Waals surface area (Å²) in [5, 5.41) is 0. The Bertz CT molecular complexity index is 609. The largest absolute Gasteiger partial charge is 0.312 e. The molecule has 4 nitrogen and oxygen atoms in total. The van der Waals surface area contributed by atoms with Crippen molar-refractivity contribution < 1.29 is 13.2 Å². The number of para-hydroxylation sites is 1. The van der Waals surface area contributed by atoms with E-state index in [9.17, 15) is 13.2 Å². The number of nitrogens with zero attached hydrogens (tertiary/aromatic N) is 1. The summed E-state index contributed by atoms with van der Waals surface area (Å²) >= 11 is 0. The summed E-state index contributed by atoms with van der Waals surface area (Å²) in [4.78, 5) is 14.3. The van der Waals surface area contributed by atoms with Gasteiger partial charge in [-0.3, -0.25) is 4.79 Å². The first-order valence-corrected chi connectivity index (χ1v) is 8.49. The van der Waals surface area contributed by atoms with Crippen molar-refractivity contribution in [2.75, 3.05) is 23.0 Å². The molecule has 1 aromatic carbocycles. The van der Waals surface area contributed by atoms with E-state index in [2.05, 4.69) is 0 Å². The van der Waals surface area contributed by atoms with E-state index in [1.165, 1.54) is 5.56 Å². The number of rotatable bonds is 1. The van der Waals surface area contributed by atoms with E-state index in [1.807, 2.05) is 24.3 Å². The van der Waals surface area contributed by atoms with E-state index in [0.29, 0.717) is 19.4 Å². The van der Waals surface area contributed by atoms with Gasteiger partial charge < -0.3 is 4.90 Å². The third-order valence-electron chi connectivity index (χ3n) is 3.97. The molecule has 2 heterocycles. The second-order valence-electron chi connectivity index (χ2n) is 5.32. The Balaban J connectivity index is 1.82. The van der Waals surface area contributed by atoms with Crippen LogP contribution in [0, 0.1) is 5.92 Å². The minimum absolute atomic E-state index is 0.0184. The lowest BCUT2D eigenvalue weighted by molar-refractivity contribution is -0.122. The molecule has 0 aliphatic carbocycles. The summed E-state index contributed by atoms with van der Waals surface area (Å²) in [7, 11) is -3.03. The van der Waals surface area contributed by atoms with Crippen LogP contribution < -0.4 is 4.90 Å². The second-order valence-corrected chi connectivity index (χ2v) is 7.55. The van der Waals surface area contributed by atoms with Crippen LogP contribution in [0.1, 0.15) is 18.4 Å². The number of benzene rings is 1. The molecule has 1 unspecified atom stereocenters. The standard InChI is InChI=1S/C14H17NO3S/c16-14(12-5-3-9-19(17,18)10-12)15-8-7-11-4-1-2-6-13(11)15/h1-2,4,6,12H,3,5,7-10H2. The molecule has 3 rings (SSSR count). The summed E-state index contributed by atoms with van der Waals surface area (Å²) in [6.45, 7) is 0.675. The van der Waals surface area contributed by atoms with Crippen molar-refractivity contribution in [1.82, 2.24) is 0 Å². The van der Waals surface area contributed by atoms with Gasteiger partial charge in [0.05, 0.1) is 17.4 Å². The maximum absolute atomic E-state index is 12.5. The highest BCUT2D eigenvalue weighted by Crippen LogP contribution is 2.30. The molecule has 0 spiro atoms. The minimum atomic E-state index is -3.03. The Kier molecular flexibility index (Phi) is 3.09. The maximum atomic E-state index is 12.5. The van der Waals surface area contributed by atoms with Crippen molar-refractivity contribution in [3.05, 3.63) is 29.8 Å². The van der Waals surface area contributed by atoms with Gasteiger partial charge in [0, 0.05) is 12.2 Å². The zero-order valence-corrected chi connectivity index (χ0v) is 11.5. The third-order valence-corrected chi connectivity index (χ3v) is 5.79. The lowest BCUT2D eigenvalue weighted by atomic mass is 10.0. The van der Waals surface area contributed by atoms with Crippen molar-refractivity contribution in [2.24, 2.45) is 5.92 Å². The molecule has 0 radical (unpaired) electrons. The van der Waals surface area contributed by atoms with Gasteiger partial charge in [0.25, 0.3) is 0 Å². The summed E-state index contributed by atoms with van der Waals surface area (Å²) in [5.41, 5.74) is 2.13. The molecule has 2 aliphatic heterocycles. The fourth-order valence-corrected chi connectivity index (χ4v) is 4.70. The highest BCUT2D eigenvalue weighted by atomic mass is 32.2. The molecule has 19 heavy (non-hydrogen) atoms. The van der Waals surface area contributed by atoms with E-state index in [1.54, 1.807) is 4.90 Å². The minimum Gasteiger partial charge on any atom is -0.312 e. The first kappa shape index (κ1) is 12.7. The maximum Gasteiger partial charge on any atom is 0.231 e. The SMILES string of the molecule is O=C(C1CCCS(=O)(=O)C1)N1CCc2ccccc21. The molecule has 2 aliphatic rings. The van der Waals surface area contributed by atoms with Gasteiger partial charge in [-0.15, -0.1) is 0 Å². The molecule has 5 heteroatoms. The molecule has 1 fully saturated rings. The third kappa shape index (κ3) is 2.39. The Labute approximate surface area is 113 Å². The van der Waals surface area contributed by atoms with Crippen molar-refractivity contribution in [1.29, 1.82) is 0 Å². The Morgan fingerprint density at radius 3 is 2.84 bits per heavy atom. The number of hydrogen-bond acceptors (Lipinski definition) is 3. The van der Waals surface area contributed by atoms with Gasteiger partial charge >= 0.3 is 0 Å². The summed E-state index contributed by atoms with van der Waals surface area (Å²) in [5.74, 6) is -0.129. The van der Waals surface area contributed by atoms with Gasteiger partial charge in [-0.25, -0.2) is 8.42 Å². The second kappa shape index (κ2) is 4.63. The topological polar surface area (TPSA) is 54.5 Å². The van der Waals surface area contributed by atoms with E-state index in [0.717, 1.165) is 12.1 Å². The van der Waals surface area contributed by atoms with Crippen LogP contribution in [-0.2, 0) is 21.1 Å². The summed E-state index contributed by atoms with van der Waals surface area (Å²) < 4.78 is 23.3. The van der Waals surface area contributed by atoms with E-state index < -0.39 is 9.84 Å². The zero-order chi connectivity index (χ0) is 13.5. The first-order valence-electron chi connectivity index (χ1n) is 6.66. The predicted octanol–water partition coefficient (Wildman–Crippen LogP) is 1.40. The van der Waals surface area contributed by atoms with Crippen LogP contribution in [-0.4, -0.2) is 32.4 Å². The van der Waals surface area contributed by atoms with Gasteiger partial charge in [-0.05, 0) is 30.9 Å². The van der Waals surface area contributed by atoms with Crippen molar-refractivity contribution in [3.63, 3.8) is 0 Å². The fourth-order valence-electron chi connectivity index (χ4n) is 3.01. The van der Waals surface area contributed by atoms with Gasteiger partial charge in [0.1, 0.15) is 0 Å². The molecule has 1 aromatic rings. The van der Waals surface area contributed by atoms with Crippen LogP contribution in [0.15, 0.2) is 24.3 Å². The Hall–Kier alpha value is -1.36. The average molecular weight is 279 g/mol. The molecule has 0 aromatic heterocycles. The monoisotopic (exact) mass is 279 g/mol. The molecule has 1 amide bonds. The number of sulfone groups is 1. The molecule has 1 atom stereocenters. The smallest absolute Gasteiger partial charge is 0.231 e. The average Bonchev–Trinajstić information content (AvgIpc) is 2.80. The van der Waals surface area contributed by atoms with Gasteiger partial charge in [0.15, 0.2) is 9.84 Å². The van der Waals surface area contributed by atoms with Crippen molar-refractivity contribution >= 4 is 21.4 Å². The van der Waals surface area contributed by atoms with E-state index in [-0.39, 0.29) is 23.3 Å². The summed E-state index contributed by atoms with van der Waals surface area (Å²) in [6, 6.07) is 7.86. The molecular weight excluding hydrogens is 262 g/mol. The molecule has 0 bridgehead atoms. The van der Waals surface area contributed by atoms with Gasteiger partial charge in [-0.1, -0.05) is 18.2 Å². The Morgan fingerprint density at radius 2 is 2.05 bits per heavy atom. The zero-order valence-electron chi connectivity index (χ0n) is 10.7. The van der Waals surface area contributed by atoms with Gasteiger partial charge in [-0.2, -0.15) is 0 Å². The van der Waals surface area contributed by atoms with Crippen LogP contribution in [0.4, 0.5) is 5.69 Å². The van der Waals surface area contributed by atoms with Crippen LogP contribution in [0.5, 0.6) is 0 Å². The molecule has 102 valence electrons. The number of fused-ring (bicyclic) bond motifs is 1. The number of carbonyl (C=O) groups is 1. The number of hydrogen-bond donors (Lipinski definition) is 0. The predicted molar refractivity (Wildman–Crippen MR) is 73.9 cm³/mol. The van der Waals surface area contributed by atoms with Crippen molar-refractivity contribution in [3.8, 4) is 0 Å². The van der Waals surface area contributed by atoms with Gasteiger partial charge in [0.2, 0.25) is 5.91 Å². The van der Waals surface area contributed by atoms with Crippen LogP contribution in [0.3, 0.4) is 0 Å². The van der Waals surface area contributed by atoms with E-state index >= 15 is 0 Å². The van der Waals surface area contributed by atoms with Crippen molar-refractivity contribution in [2.45, 2.75) is 19.3 Å². The normalized spacial score (nSPS) is 25.1. The molecule has 1 saturated heterocycles. The molecular formula is C14H17NO3S. The highest BCUT2D eigenvalue weighted by Gasteiger charge is 2.35.